The second kappa shape index (κ2) is 8.77. The molecule has 3 aromatic rings. The summed E-state index contributed by atoms with van der Waals surface area (Å²) >= 11 is 0. The molecule has 0 radical (unpaired) electrons. The zero-order valence-electron chi connectivity index (χ0n) is 18.3. The second-order valence-electron chi connectivity index (χ2n) is 8.36. The highest BCUT2D eigenvalue weighted by atomic mass is 19.3. The van der Waals surface area contributed by atoms with Gasteiger partial charge in [0.25, 0.3) is 12.3 Å². The van der Waals surface area contributed by atoms with Gasteiger partial charge in [0, 0.05) is 48.9 Å². The molecule has 2 aliphatic heterocycles. The Labute approximate surface area is 190 Å². The van der Waals surface area contributed by atoms with Gasteiger partial charge in [-0.25, -0.2) is 13.8 Å². The average molecular weight is 450 g/mol. The highest BCUT2D eigenvalue weighted by Crippen LogP contribution is 2.42. The van der Waals surface area contributed by atoms with Gasteiger partial charge in [-0.05, 0) is 54.8 Å². The number of benzene rings is 1. The molecule has 0 bridgehead atoms. The van der Waals surface area contributed by atoms with Gasteiger partial charge in [-0.2, -0.15) is 0 Å². The molecule has 8 heteroatoms. The first-order valence-corrected chi connectivity index (χ1v) is 11.2. The SMILES string of the molecule is CNC(=O)c1cc2cccnc2c(N2CCCc3cc(C4C=CNCC4)c(C(F)F)cc32)n1. The van der Waals surface area contributed by atoms with Crippen molar-refractivity contribution in [1.29, 1.82) is 0 Å². The average Bonchev–Trinajstić information content (AvgIpc) is 2.86. The van der Waals surface area contributed by atoms with Crippen LogP contribution in [0.15, 0.2) is 48.8 Å². The summed E-state index contributed by atoms with van der Waals surface area (Å²) in [5.41, 5.74) is 3.39. The fourth-order valence-electron chi connectivity index (χ4n) is 4.76. The Balaban J connectivity index is 1.68. The van der Waals surface area contributed by atoms with Crippen LogP contribution < -0.4 is 15.5 Å². The first-order valence-electron chi connectivity index (χ1n) is 11.2. The number of aryl methyl sites for hydroxylation is 1. The number of nitrogens with one attached hydrogen (secondary N) is 2. The van der Waals surface area contributed by atoms with E-state index in [2.05, 4.69) is 20.6 Å². The van der Waals surface area contributed by atoms with Crippen molar-refractivity contribution in [2.75, 3.05) is 25.0 Å². The van der Waals surface area contributed by atoms with Crippen molar-refractivity contribution in [2.24, 2.45) is 0 Å². The van der Waals surface area contributed by atoms with Crippen molar-refractivity contribution in [3.05, 3.63) is 71.2 Å². The molecule has 4 heterocycles. The number of fused-ring (bicyclic) bond motifs is 2. The maximum atomic E-state index is 14.2. The van der Waals surface area contributed by atoms with Crippen LogP contribution in [0.4, 0.5) is 20.3 Å². The Morgan fingerprint density at radius 3 is 2.94 bits per heavy atom. The Morgan fingerprint density at radius 2 is 2.18 bits per heavy atom. The number of hydrogen-bond donors (Lipinski definition) is 2. The molecule has 2 aromatic heterocycles. The van der Waals surface area contributed by atoms with E-state index >= 15 is 0 Å². The predicted octanol–water partition coefficient (Wildman–Crippen LogP) is 4.60. The van der Waals surface area contributed by atoms with E-state index in [-0.39, 0.29) is 23.1 Å². The lowest BCUT2D eigenvalue weighted by atomic mass is 9.86. The minimum absolute atomic E-state index is 0.0341. The zero-order valence-corrected chi connectivity index (χ0v) is 18.3. The van der Waals surface area contributed by atoms with Crippen LogP contribution in [0.5, 0.6) is 0 Å². The quantitative estimate of drug-likeness (QED) is 0.609. The predicted molar refractivity (Wildman–Crippen MR) is 124 cm³/mol. The molecule has 0 saturated carbocycles. The van der Waals surface area contributed by atoms with Crippen LogP contribution in [0.1, 0.15) is 52.4 Å². The molecule has 6 nitrogen and oxygen atoms in total. The van der Waals surface area contributed by atoms with Crippen LogP contribution in [0.3, 0.4) is 0 Å². The van der Waals surface area contributed by atoms with E-state index in [1.165, 1.54) is 0 Å². The topological polar surface area (TPSA) is 70.2 Å². The van der Waals surface area contributed by atoms with Crippen LogP contribution in [-0.4, -0.2) is 36.0 Å². The first kappa shape index (κ1) is 21.3. The van der Waals surface area contributed by atoms with Crippen LogP contribution in [0.2, 0.25) is 0 Å². The second-order valence-corrected chi connectivity index (χ2v) is 8.36. The summed E-state index contributed by atoms with van der Waals surface area (Å²) in [5, 5.41) is 6.52. The third-order valence-corrected chi connectivity index (χ3v) is 6.37. The van der Waals surface area contributed by atoms with Gasteiger partial charge in [-0.15, -0.1) is 0 Å². The third-order valence-electron chi connectivity index (χ3n) is 6.37. The normalized spacial score (nSPS) is 17.7. The molecule has 5 rings (SSSR count). The number of pyridine rings is 2. The summed E-state index contributed by atoms with van der Waals surface area (Å²) in [4.78, 5) is 23.4. The fraction of sp³-hybridized carbons (Fsp3) is 0.320. The molecule has 33 heavy (non-hydrogen) atoms. The molecule has 2 aliphatic rings. The molecule has 0 aliphatic carbocycles. The summed E-state index contributed by atoms with van der Waals surface area (Å²) in [6, 6.07) is 8.95. The molecule has 2 N–H and O–H groups in total. The number of halogens is 2. The van der Waals surface area contributed by atoms with Gasteiger partial charge >= 0.3 is 0 Å². The summed E-state index contributed by atoms with van der Waals surface area (Å²) in [7, 11) is 1.55. The Bertz CT molecular complexity index is 1240. The summed E-state index contributed by atoms with van der Waals surface area (Å²) in [6.07, 6.45) is 5.33. The highest BCUT2D eigenvalue weighted by molar-refractivity contribution is 5.99. The standard InChI is InChI=1S/C25H25F2N5O/c1-28-25(33)20-13-17-4-2-8-30-22(17)24(31-20)32-11-3-5-16-12-18(15-6-9-29-10-7-15)19(23(26)27)14-21(16)32/h2,4,6,8-9,12-15,23,29H,3,5,7,10-11H2,1H3,(H,28,33). The van der Waals surface area contributed by atoms with Crippen molar-refractivity contribution < 1.29 is 13.6 Å². The number of hydrogen-bond acceptors (Lipinski definition) is 5. The Kier molecular flexibility index (Phi) is 5.66. The van der Waals surface area contributed by atoms with Crippen molar-refractivity contribution in [1.82, 2.24) is 20.6 Å². The minimum Gasteiger partial charge on any atom is -0.391 e. The van der Waals surface area contributed by atoms with Crippen molar-refractivity contribution in [2.45, 2.75) is 31.6 Å². The molecule has 170 valence electrons. The van der Waals surface area contributed by atoms with E-state index in [4.69, 9.17) is 0 Å². The number of amides is 1. The van der Waals surface area contributed by atoms with Gasteiger partial charge < -0.3 is 15.5 Å². The van der Waals surface area contributed by atoms with Gasteiger partial charge in [0.05, 0.1) is 0 Å². The molecule has 0 saturated heterocycles. The smallest absolute Gasteiger partial charge is 0.269 e. The first-order chi connectivity index (χ1) is 16.1. The number of alkyl halides is 2. The largest absolute Gasteiger partial charge is 0.391 e. The maximum absolute atomic E-state index is 14.2. The van der Waals surface area contributed by atoms with Crippen LogP contribution in [0.25, 0.3) is 10.9 Å². The van der Waals surface area contributed by atoms with E-state index in [0.717, 1.165) is 36.8 Å². The molecule has 1 aromatic carbocycles. The number of carbonyl (C=O) groups is 1. The van der Waals surface area contributed by atoms with E-state index < -0.39 is 6.43 Å². The third kappa shape index (κ3) is 3.90. The van der Waals surface area contributed by atoms with Crippen molar-refractivity contribution in [3.63, 3.8) is 0 Å². The van der Waals surface area contributed by atoms with Crippen LogP contribution in [-0.2, 0) is 6.42 Å². The molecule has 1 amide bonds. The molecular weight excluding hydrogens is 424 g/mol. The van der Waals surface area contributed by atoms with Gasteiger partial charge in [0.1, 0.15) is 11.2 Å². The fourth-order valence-corrected chi connectivity index (χ4v) is 4.76. The van der Waals surface area contributed by atoms with E-state index in [1.807, 2.05) is 29.3 Å². The van der Waals surface area contributed by atoms with E-state index in [9.17, 15) is 13.6 Å². The van der Waals surface area contributed by atoms with Crippen LogP contribution >= 0.6 is 0 Å². The Morgan fingerprint density at radius 1 is 1.30 bits per heavy atom. The van der Waals surface area contributed by atoms with Crippen LogP contribution in [0, 0.1) is 0 Å². The molecule has 0 fully saturated rings. The van der Waals surface area contributed by atoms with Gasteiger partial charge in [-0.3, -0.25) is 9.78 Å². The van der Waals surface area contributed by atoms with Gasteiger partial charge in [0.2, 0.25) is 0 Å². The highest BCUT2D eigenvalue weighted by Gasteiger charge is 2.28. The number of allylic oxidation sites excluding steroid dienone is 1. The van der Waals surface area contributed by atoms with Gasteiger partial charge in [-0.1, -0.05) is 18.2 Å². The van der Waals surface area contributed by atoms with Crippen molar-refractivity contribution in [3.8, 4) is 0 Å². The summed E-state index contributed by atoms with van der Waals surface area (Å²) in [6.45, 7) is 1.37. The number of nitrogens with zero attached hydrogens (tertiary/aromatic N) is 3. The van der Waals surface area contributed by atoms with Gasteiger partial charge in [0.15, 0.2) is 5.82 Å². The van der Waals surface area contributed by atoms with Crippen molar-refractivity contribution >= 4 is 28.3 Å². The number of carbonyl (C=O) groups excluding carboxylic acids is 1. The Hall–Kier alpha value is -3.55. The molecule has 1 atom stereocenters. The minimum atomic E-state index is -2.59. The molecule has 0 spiro atoms. The summed E-state index contributed by atoms with van der Waals surface area (Å²) < 4.78 is 28.4. The van der Waals surface area contributed by atoms with E-state index in [0.29, 0.717) is 29.1 Å². The number of anilines is 2. The number of rotatable bonds is 4. The lowest BCUT2D eigenvalue weighted by Crippen LogP contribution is -2.28. The molecular formula is C25H25F2N5O. The summed E-state index contributed by atoms with van der Waals surface area (Å²) in [5.74, 6) is 0.177. The maximum Gasteiger partial charge on any atom is 0.269 e. The zero-order chi connectivity index (χ0) is 22.9. The monoisotopic (exact) mass is 449 g/mol. The number of aromatic nitrogens is 2. The van der Waals surface area contributed by atoms with E-state index in [1.54, 1.807) is 31.4 Å². The molecule has 1 unspecified atom stereocenters. The lowest BCUT2D eigenvalue weighted by Gasteiger charge is -2.33. The lowest BCUT2D eigenvalue weighted by molar-refractivity contribution is 0.0958.